The molecule has 0 unspecified atom stereocenters. The number of hydrogen-bond donors (Lipinski definition) is 1. The van der Waals surface area contributed by atoms with Gasteiger partial charge in [0.15, 0.2) is 5.76 Å². The van der Waals surface area contributed by atoms with E-state index in [0.29, 0.717) is 5.76 Å². The first-order valence-corrected chi connectivity index (χ1v) is 5.97. The molecule has 0 aliphatic carbocycles. The average Bonchev–Trinajstić information content (AvgIpc) is 2.94. The lowest BCUT2D eigenvalue weighted by molar-refractivity contribution is 0.184. The van der Waals surface area contributed by atoms with Crippen LogP contribution in [0.2, 0.25) is 0 Å². The number of rotatable bonds is 3. The van der Waals surface area contributed by atoms with E-state index in [4.69, 9.17) is 43.6 Å². The monoisotopic (exact) mass is 325 g/mol. The minimum atomic E-state index is -1.62. The fraction of sp³-hybridized carbons (Fsp3) is 0.222. The molecule has 0 atom stereocenters. The van der Waals surface area contributed by atoms with E-state index in [-0.39, 0.29) is 18.5 Å². The highest BCUT2D eigenvalue weighted by Gasteiger charge is 2.22. The molecule has 19 heavy (non-hydrogen) atoms. The molecule has 0 aromatic carbocycles. The van der Waals surface area contributed by atoms with Crippen LogP contribution in [0.1, 0.15) is 0 Å². The molecular weight excluding hydrogens is 320 g/mol. The van der Waals surface area contributed by atoms with Crippen LogP contribution in [0.25, 0.3) is 11.7 Å². The Kier molecular flexibility index (Phi) is 4.18. The first-order chi connectivity index (χ1) is 8.94. The third kappa shape index (κ3) is 4.30. The number of nitrogens with one attached hydrogen (secondary N) is 1. The van der Waals surface area contributed by atoms with E-state index in [1.807, 2.05) is 0 Å². The molecule has 0 spiro atoms. The largest absolute Gasteiger partial charge is 0.459 e. The number of nitrogens with zero attached hydrogens (tertiary/aromatic N) is 2. The van der Waals surface area contributed by atoms with Gasteiger partial charge in [0, 0.05) is 0 Å². The van der Waals surface area contributed by atoms with E-state index in [9.17, 15) is 4.79 Å². The predicted octanol–water partition coefficient (Wildman–Crippen LogP) is 2.79. The summed E-state index contributed by atoms with van der Waals surface area (Å²) in [5, 5.41) is 9.33. The Morgan fingerprint density at radius 3 is 2.84 bits per heavy atom. The molecular formula is C9H6Cl3N3O4. The number of hydrogen-bond acceptors (Lipinski definition) is 6. The molecule has 1 N–H and O–H groups in total. The van der Waals surface area contributed by atoms with E-state index < -0.39 is 9.89 Å². The van der Waals surface area contributed by atoms with Crippen LogP contribution in [0.5, 0.6) is 6.08 Å². The summed E-state index contributed by atoms with van der Waals surface area (Å²) in [6, 6.07) is 3.26. The Balaban J connectivity index is 1.91. The third-order valence-electron chi connectivity index (χ3n) is 1.75. The standard InChI is InChI=1S/C9H6Cl3N3O4/c10-9(11,12)4-13-7(16)19-8-15-14-6(18-8)5-2-1-3-17-5/h1-3H,4H2,(H,13,16). The van der Waals surface area contributed by atoms with E-state index in [1.54, 1.807) is 12.1 Å². The van der Waals surface area contributed by atoms with Gasteiger partial charge in [0.1, 0.15) is 0 Å². The highest BCUT2D eigenvalue weighted by molar-refractivity contribution is 6.67. The van der Waals surface area contributed by atoms with Gasteiger partial charge in [-0.3, -0.25) is 0 Å². The highest BCUT2D eigenvalue weighted by atomic mass is 35.6. The Morgan fingerprint density at radius 1 is 1.42 bits per heavy atom. The van der Waals surface area contributed by atoms with Crippen molar-refractivity contribution in [3.05, 3.63) is 18.4 Å². The Morgan fingerprint density at radius 2 is 2.21 bits per heavy atom. The average molecular weight is 327 g/mol. The van der Waals surface area contributed by atoms with Crippen LogP contribution >= 0.6 is 34.8 Å². The molecule has 0 bridgehead atoms. The van der Waals surface area contributed by atoms with Crippen LogP contribution in [0, 0.1) is 0 Å². The Hall–Kier alpha value is -1.44. The lowest BCUT2D eigenvalue weighted by Crippen LogP contribution is -2.34. The summed E-state index contributed by atoms with van der Waals surface area (Å²) in [6.45, 7) is -0.227. The molecule has 1 amide bonds. The quantitative estimate of drug-likeness (QED) is 0.872. The molecule has 0 fully saturated rings. The third-order valence-corrected chi connectivity index (χ3v) is 2.15. The number of carbonyl (C=O) groups is 1. The zero-order chi connectivity index (χ0) is 13.9. The summed E-state index contributed by atoms with van der Waals surface area (Å²) in [6.07, 6.45) is 0.197. The van der Waals surface area contributed by atoms with Crippen molar-refractivity contribution in [3.63, 3.8) is 0 Å². The van der Waals surface area contributed by atoms with Crippen molar-refractivity contribution in [3.8, 4) is 17.7 Å². The number of amides is 1. The second-order valence-corrected chi connectivity index (χ2v) is 5.72. The van der Waals surface area contributed by atoms with Gasteiger partial charge >= 0.3 is 12.2 Å². The van der Waals surface area contributed by atoms with Gasteiger partial charge in [-0.2, -0.15) is 0 Å². The van der Waals surface area contributed by atoms with Gasteiger partial charge in [0.25, 0.3) is 5.89 Å². The lowest BCUT2D eigenvalue weighted by atomic mass is 10.5. The van der Waals surface area contributed by atoms with Crippen LogP contribution < -0.4 is 10.1 Å². The SMILES string of the molecule is O=C(NCC(Cl)(Cl)Cl)Oc1nnc(-c2ccco2)o1. The van der Waals surface area contributed by atoms with E-state index in [1.165, 1.54) is 6.26 Å². The fourth-order valence-corrected chi connectivity index (χ4v) is 1.24. The first-order valence-electron chi connectivity index (χ1n) is 4.84. The summed E-state index contributed by atoms with van der Waals surface area (Å²) < 4.78 is 13.1. The van der Waals surface area contributed by atoms with Gasteiger partial charge in [-0.15, -0.1) is 5.10 Å². The first kappa shape index (κ1) is 14.0. The minimum absolute atomic E-state index is 0.0779. The van der Waals surface area contributed by atoms with Crippen LogP contribution in [0.15, 0.2) is 27.2 Å². The molecule has 0 saturated carbocycles. The van der Waals surface area contributed by atoms with Crippen LogP contribution in [0.4, 0.5) is 4.79 Å². The topological polar surface area (TPSA) is 90.4 Å². The summed E-state index contributed by atoms with van der Waals surface area (Å²) in [7, 11) is 0. The van der Waals surface area contributed by atoms with Crippen LogP contribution in [0.3, 0.4) is 0 Å². The summed E-state index contributed by atoms with van der Waals surface area (Å²) in [5.74, 6) is 0.429. The zero-order valence-electron chi connectivity index (χ0n) is 9.10. The van der Waals surface area contributed by atoms with Crippen molar-refractivity contribution < 1.29 is 18.4 Å². The molecule has 10 heteroatoms. The van der Waals surface area contributed by atoms with Gasteiger partial charge in [0.05, 0.1) is 12.8 Å². The molecule has 102 valence electrons. The molecule has 0 radical (unpaired) electrons. The summed E-state index contributed by atoms with van der Waals surface area (Å²) >= 11 is 16.3. The van der Waals surface area contributed by atoms with Crippen molar-refractivity contribution in [2.45, 2.75) is 3.79 Å². The van der Waals surface area contributed by atoms with Gasteiger partial charge in [0.2, 0.25) is 3.79 Å². The highest BCUT2D eigenvalue weighted by Crippen LogP contribution is 2.24. The second kappa shape index (κ2) is 5.68. The fourth-order valence-electron chi connectivity index (χ4n) is 1.04. The maximum Gasteiger partial charge on any atom is 0.424 e. The molecule has 2 rings (SSSR count). The number of halogens is 3. The summed E-state index contributed by atoms with van der Waals surface area (Å²) in [4.78, 5) is 11.3. The van der Waals surface area contributed by atoms with E-state index >= 15 is 0 Å². The number of carbonyl (C=O) groups excluding carboxylic acids is 1. The number of ether oxygens (including phenoxy) is 1. The van der Waals surface area contributed by atoms with Crippen molar-refractivity contribution in [2.24, 2.45) is 0 Å². The van der Waals surface area contributed by atoms with Gasteiger partial charge in [-0.05, 0) is 12.1 Å². The smallest absolute Gasteiger partial charge is 0.424 e. The molecule has 7 nitrogen and oxygen atoms in total. The van der Waals surface area contributed by atoms with Crippen molar-refractivity contribution >= 4 is 40.9 Å². The molecule has 2 aromatic heterocycles. The van der Waals surface area contributed by atoms with Gasteiger partial charge in [-0.1, -0.05) is 39.9 Å². The number of alkyl halides is 3. The molecule has 2 aromatic rings. The zero-order valence-corrected chi connectivity index (χ0v) is 11.4. The number of aromatic nitrogens is 2. The lowest BCUT2D eigenvalue weighted by Gasteiger charge is -2.10. The Bertz CT molecular complexity index is 549. The molecule has 0 saturated heterocycles. The van der Waals surface area contributed by atoms with Gasteiger partial charge in [-0.25, -0.2) is 4.79 Å². The van der Waals surface area contributed by atoms with E-state index in [2.05, 4.69) is 20.3 Å². The van der Waals surface area contributed by atoms with E-state index in [0.717, 1.165) is 0 Å². The van der Waals surface area contributed by atoms with Crippen molar-refractivity contribution in [2.75, 3.05) is 6.54 Å². The molecule has 0 aliphatic rings. The Labute approximate surface area is 121 Å². The maximum absolute atomic E-state index is 11.3. The van der Waals surface area contributed by atoms with Crippen LogP contribution in [-0.2, 0) is 0 Å². The normalized spacial score (nSPS) is 11.3. The molecule has 2 heterocycles. The van der Waals surface area contributed by atoms with Gasteiger partial charge < -0.3 is 18.9 Å². The maximum atomic E-state index is 11.3. The number of furan rings is 1. The summed E-state index contributed by atoms with van der Waals surface area (Å²) in [5.41, 5.74) is 0. The van der Waals surface area contributed by atoms with Crippen molar-refractivity contribution in [1.82, 2.24) is 15.5 Å². The minimum Gasteiger partial charge on any atom is -0.459 e. The van der Waals surface area contributed by atoms with Crippen LogP contribution in [-0.4, -0.2) is 26.6 Å². The molecule has 0 aliphatic heterocycles. The second-order valence-electron chi connectivity index (χ2n) is 3.21. The predicted molar refractivity (Wildman–Crippen MR) is 66.3 cm³/mol. The van der Waals surface area contributed by atoms with Crippen molar-refractivity contribution in [1.29, 1.82) is 0 Å².